The fourth-order valence-corrected chi connectivity index (χ4v) is 2.87. The van der Waals surface area contributed by atoms with Gasteiger partial charge in [0.15, 0.2) is 0 Å². The molecule has 17 heavy (non-hydrogen) atoms. The normalized spacial score (nSPS) is 34.8. The lowest BCUT2D eigenvalue weighted by molar-refractivity contribution is -0.201. The van der Waals surface area contributed by atoms with Gasteiger partial charge in [0.1, 0.15) is 0 Å². The van der Waals surface area contributed by atoms with Crippen LogP contribution in [0.25, 0.3) is 0 Å². The van der Waals surface area contributed by atoms with Crippen molar-refractivity contribution < 1.29 is 19.2 Å². The summed E-state index contributed by atoms with van der Waals surface area (Å²) in [6.45, 7) is 0. The van der Waals surface area contributed by atoms with Crippen LogP contribution in [-0.4, -0.2) is 22.8 Å². The molecule has 0 aromatic rings. The molecule has 1 saturated carbocycles. The van der Waals surface area contributed by atoms with Gasteiger partial charge in [-0.05, 0) is 24.7 Å². The maximum absolute atomic E-state index is 11.9. The molecule has 2 aliphatic carbocycles. The highest BCUT2D eigenvalue weighted by molar-refractivity contribution is 6.01. The van der Waals surface area contributed by atoms with Crippen LogP contribution in [0, 0.1) is 17.8 Å². The van der Waals surface area contributed by atoms with Crippen LogP contribution in [0.4, 0.5) is 0 Å². The average Bonchev–Trinajstić information content (AvgIpc) is 2.99. The highest BCUT2D eigenvalue weighted by atomic mass is 16.7. The molecule has 90 valence electrons. The van der Waals surface area contributed by atoms with Gasteiger partial charge in [0.05, 0.1) is 5.92 Å². The second-order valence-corrected chi connectivity index (χ2v) is 4.88. The molecule has 5 heteroatoms. The summed E-state index contributed by atoms with van der Waals surface area (Å²) in [6.07, 6.45) is 6.21. The molecule has 2 amide bonds. The Labute approximate surface area is 98.4 Å². The minimum absolute atomic E-state index is 0.142. The minimum atomic E-state index is -0.439. The monoisotopic (exact) mass is 235 g/mol. The highest BCUT2D eigenvalue weighted by Gasteiger charge is 2.43. The minimum Gasteiger partial charge on any atom is -0.330 e. The van der Waals surface area contributed by atoms with Gasteiger partial charge in [-0.1, -0.05) is 12.2 Å². The van der Waals surface area contributed by atoms with Crippen molar-refractivity contribution in [3.63, 3.8) is 0 Å². The molecule has 2 fully saturated rings. The quantitative estimate of drug-likeness (QED) is 0.524. The number of amides is 2. The van der Waals surface area contributed by atoms with Crippen LogP contribution in [0.15, 0.2) is 12.2 Å². The summed E-state index contributed by atoms with van der Waals surface area (Å²) in [5.74, 6) is -0.774. The van der Waals surface area contributed by atoms with Crippen molar-refractivity contribution in [2.24, 2.45) is 17.8 Å². The molecule has 0 unspecified atom stereocenters. The van der Waals surface area contributed by atoms with Crippen molar-refractivity contribution >= 4 is 17.8 Å². The second-order valence-electron chi connectivity index (χ2n) is 4.88. The zero-order valence-corrected chi connectivity index (χ0v) is 9.30. The summed E-state index contributed by atoms with van der Waals surface area (Å²) in [7, 11) is 0. The van der Waals surface area contributed by atoms with Crippen LogP contribution in [0.2, 0.25) is 0 Å². The van der Waals surface area contributed by atoms with Gasteiger partial charge in [0.2, 0.25) is 0 Å². The van der Waals surface area contributed by atoms with Crippen LogP contribution in [0.5, 0.6) is 0 Å². The number of imide groups is 1. The smallest absolute Gasteiger partial charge is 0.330 e. The third-order valence-electron chi connectivity index (χ3n) is 3.77. The number of nitrogens with zero attached hydrogens (tertiary/aromatic N) is 1. The van der Waals surface area contributed by atoms with E-state index in [4.69, 9.17) is 4.84 Å². The van der Waals surface area contributed by atoms with Gasteiger partial charge in [-0.2, -0.15) is 0 Å². The van der Waals surface area contributed by atoms with E-state index in [0.717, 1.165) is 12.8 Å². The van der Waals surface area contributed by atoms with Gasteiger partial charge in [0, 0.05) is 12.8 Å². The van der Waals surface area contributed by atoms with Gasteiger partial charge in [0.25, 0.3) is 11.8 Å². The number of fused-ring (bicyclic) bond motifs is 2. The number of carbonyl (C=O) groups excluding carboxylic acids is 3. The molecule has 3 rings (SSSR count). The first-order valence-electron chi connectivity index (χ1n) is 5.91. The predicted octanol–water partition coefficient (Wildman–Crippen LogP) is 0.806. The van der Waals surface area contributed by atoms with E-state index >= 15 is 0 Å². The van der Waals surface area contributed by atoms with Crippen LogP contribution in [-0.2, 0) is 19.2 Å². The SMILES string of the molecule is O=C(ON1C(=O)CCC1=O)[C@@H]1C[C@H]2C=C[C@@H]1C2. The third-order valence-corrected chi connectivity index (χ3v) is 3.77. The molecule has 0 spiro atoms. The lowest BCUT2D eigenvalue weighted by Crippen LogP contribution is -2.35. The van der Waals surface area contributed by atoms with E-state index in [1.54, 1.807) is 0 Å². The summed E-state index contributed by atoms with van der Waals surface area (Å²) < 4.78 is 0. The van der Waals surface area contributed by atoms with Crippen LogP contribution in [0.1, 0.15) is 25.7 Å². The number of hydrogen-bond donors (Lipinski definition) is 0. The van der Waals surface area contributed by atoms with Crippen molar-refractivity contribution in [1.82, 2.24) is 5.06 Å². The van der Waals surface area contributed by atoms with E-state index in [1.807, 2.05) is 6.08 Å². The molecule has 5 nitrogen and oxygen atoms in total. The molecule has 1 heterocycles. The first-order chi connectivity index (χ1) is 8.15. The zero-order valence-electron chi connectivity index (χ0n) is 9.30. The molecular weight excluding hydrogens is 222 g/mol. The molecule has 2 bridgehead atoms. The molecule has 0 radical (unpaired) electrons. The Bertz CT molecular complexity index is 412. The lowest BCUT2D eigenvalue weighted by Gasteiger charge is -2.19. The summed E-state index contributed by atoms with van der Waals surface area (Å²) in [5.41, 5.74) is 0. The molecule has 3 atom stereocenters. The van der Waals surface area contributed by atoms with Crippen LogP contribution >= 0.6 is 0 Å². The Hall–Kier alpha value is -1.65. The van der Waals surface area contributed by atoms with Gasteiger partial charge in [-0.25, -0.2) is 4.79 Å². The van der Waals surface area contributed by atoms with Crippen molar-refractivity contribution in [3.05, 3.63) is 12.2 Å². The number of rotatable bonds is 2. The van der Waals surface area contributed by atoms with Crippen LogP contribution < -0.4 is 0 Å². The largest absolute Gasteiger partial charge is 0.336 e. The molecule has 3 aliphatic rings. The van der Waals surface area contributed by atoms with E-state index in [1.165, 1.54) is 0 Å². The summed E-state index contributed by atoms with van der Waals surface area (Å²) in [4.78, 5) is 39.4. The van der Waals surface area contributed by atoms with E-state index in [2.05, 4.69) is 6.08 Å². The van der Waals surface area contributed by atoms with Crippen molar-refractivity contribution in [3.8, 4) is 0 Å². The van der Waals surface area contributed by atoms with E-state index in [9.17, 15) is 14.4 Å². The first-order valence-corrected chi connectivity index (χ1v) is 5.91. The second kappa shape index (κ2) is 3.68. The summed E-state index contributed by atoms with van der Waals surface area (Å²) in [6, 6.07) is 0. The predicted molar refractivity (Wildman–Crippen MR) is 56.0 cm³/mol. The Morgan fingerprint density at radius 1 is 1.18 bits per heavy atom. The number of carbonyl (C=O) groups is 3. The number of hydroxylamine groups is 2. The van der Waals surface area contributed by atoms with Gasteiger partial charge in [-0.3, -0.25) is 9.59 Å². The molecule has 1 aliphatic heterocycles. The van der Waals surface area contributed by atoms with Crippen molar-refractivity contribution in [1.29, 1.82) is 0 Å². The molecule has 0 aromatic heterocycles. The topological polar surface area (TPSA) is 63.7 Å². The van der Waals surface area contributed by atoms with Gasteiger partial charge in [-0.15, -0.1) is 5.06 Å². The maximum Gasteiger partial charge on any atom is 0.336 e. The fourth-order valence-electron chi connectivity index (χ4n) is 2.87. The number of hydrogen-bond acceptors (Lipinski definition) is 4. The van der Waals surface area contributed by atoms with Crippen LogP contribution in [0.3, 0.4) is 0 Å². The average molecular weight is 235 g/mol. The first kappa shape index (κ1) is 10.5. The highest BCUT2D eigenvalue weighted by Crippen LogP contribution is 2.44. The third kappa shape index (κ3) is 1.66. The Morgan fingerprint density at radius 3 is 2.41 bits per heavy atom. The number of allylic oxidation sites excluding steroid dienone is 2. The Balaban J connectivity index is 1.66. The molecular formula is C12H13NO4. The Morgan fingerprint density at radius 2 is 1.88 bits per heavy atom. The fraction of sp³-hybridized carbons (Fsp3) is 0.583. The molecule has 0 N–H and O–H groups in total. The maximum atomic E-state index is 11.9. The summed E-state index contributed by atoms with van der Waals surface area (Å²) >= 11 is 0. The van der Waals surface area contributed by atoms with Crippen molar-refractivity contribution in [2.75, 3.05) is 0 Å². The van der Waals surface area contributed by atoms with Crippen molar-refractivity contribution in [2.45, 2.75) is 25.7 Å². The Kier molecular flexibility index (Phi) is 2.28. The summed E-state index contributed by atoms with van der Waals surface area (Å²) in [5, 5.41) is 0.637. The molecule has 1 saturated heterocycles. The van der Waals surface area contributed by atoms with E-state index in [-0.39, 0.29) is 24.7 Å². The molecule has 0 aromatic carbocycles. The van der Waals surface area contributed by atoms with Gasteiger partial charge >= 0.3 is 5.97 Å². The standard InChI is InChI=1S/C12H13NO4/c14-10-3-4-11(15)13(10)17-12(16)9-6-7-1-2-8(9)5-7/h1-2,7-9H,3-6H2/t7-,8+,9+/m0/s1. The lowest BCUT2D eigenvalue weighted by atomic mass is 9.94. The van der Waals surface area contributed by atoms with Gasteiger partial charge < -0.3 is 4.84 Å². The van der Waals surface area contributed by atoms with E-state index in [0.29, 0.717) is 11.0 Å². The van der Waals surface area contributed by atoms with E-state index < -0.39 is 17.8 Å². The zero-order chi connectivity index (χ0) is 12.0.